The summed E-state index contributed by atoms with van der Waals surface area (Å²) in [6.45, 7) is 20.0. The van der Waals surface area contributed by atoms with E-state index in [-0.39, 0.29) is 17.4 Å². The van der Waals surface area contributed by atoms with Crippen LogP contribution in [0.5, 0.6) is 5.75 Å². The Kier molecular flexibility index (Phi) is 27.7. The minimum atomic E-state index is 0. The summed E-state index contributed by atoms with van der Waals surface area (Å²) in [5.74, 6) is 2.04. The van der Waals surface area contributed by atoms with Crippen molar-refractivity contribution in [2.45, 2.75) is 46.0 Å². The third kappa shape index (κ3) is 13.3. The summed E-state index contributed by atoms with van der Waals surface area (Å²) < 4.78 is 27.9. The Morgan fingerprint density at radius 2 is 1.64 bits per heavy atom. The van der Waals surface area contributed by atoms with Gasteiger partial charge >= 0.3 is 33.9 Å². The molecule has 0 radical (unpaired) electrons. The van der Waals surface area contributed by atoms with E-state index in [4.69, 9.17) is 24.0 Å². The van der Waals surface area contributed by atoms with Crippen molar-refractivity contribution in [3.8, 4) is 11.8 Å². The molecule has 0 saturated carbocycles. The minimum absolute atomic E-state index is 0. The van der Waals surface area contributed by atoms with Crippen molar-refractivity contribution in [2.75, 3.05) is 7.11 Å². The fraction of sp³-hybridized carbons (Fsp3) is 0.474. The maximum absolute atomic E-state index is 8.64. The van der Waals surface area contributed by atoms with E-state index < -0.39 is 0 Å². The van der Waals surface area contributed by atoms with E-state index in [0.29, 0.717) is 18.3 Å². The van der Waals surface area contributed by atoms with E-state index in [1.165, 1.54) is 11.1 Å². The van der Waals surface area contributed by atoms with Crippen LogP contribution < -0.4 is 4.74 Å². The molecule has 0 aliphatic heterocycles. The summed E-state index contributed by atoms with van der Waals surface area (Å²) in [6, 6.07) is 8.67. The number of hydrogen-bond donors (Lipinski definition) is 0. The van der Waals surface area contributed by atoms with Gasteiger partial charge in [-0.05, 0) is 48.8 Å². The zero-order valence-electron chi connectivity index (χ0n) is 15.0. The molecule has 134 valence electrons. The van der Waals surface area contributed by atoms with Crippen molar-refractivity contribution in [1.29, 1.82) is 5.26 Å². The number of benzene rings is 1. The minimum Gasteiger partial charge on any atom is 0 e. The van der Waals surface area contributed by atoms with Gasteiger partial charge in [-0.15, -0.1) is 0 Å². The second kappa shape index (κ2) is 22.3. The molecule has 1 atom stereocenters. The fourth-order valence-electron chi connectivity index (χ4n) is 2.35. The van der Waals surface area contributed by atoms with E-state index in [1.807, 2.05) is 0 Å². The number of aryl methyl sites for hydroxylation is 1. The van der Waals surface area contributed by atoms with Gasteiger partial charge in [-0.2, -0.15) is 5.26 Å². The van der Waals surface area contributed by atoms with Gasteiger partial charge in [-0.1, -0.05) is 26.0 Å². The van der Waals surface area contributed by atoms with Crippen LogP contribution in [0.1, 0.15) is 50.2 Å². The summed E-state index contributed by atoms with van der Waals surface area (Å²) in [5, 5.41) is 8.64. The summed E-state index contributed by atoms with van der Waals surface area (Å²) >= 11 is 0. The molecule has 1 aromatic carbocycles. The van der Waals surface area contributed by atoms with Gasteiger partial charge in [0.25, 0.3) is 0 Å². The number of rotatable bonds is 6. The predicted molar refractivity (Wildman–Crippen MR) is 86.6 cm³/mol. The molecule has 0 aliphatic rings. The maximum atomic E-state index is 8.64. The second-order valence-corrected chi connectivity index (χ2v) is 5.13. The molecule has 0 amide bonds. The SMILES string of the molecule is COc1cc([C@@H](CCCC#N)C(C)C)ccc1C.[C-]#[O+].[C-]#[O+].[C-]#[O+].[Cr]. The monoisotopic (exact) mass is 381 g/mol. The van der Waals surface area contributed by atoms with E-state index in [0.717, 1.165) is 18.6 Å². The Hall–Kier alpha value is -1.74. The summed E-state index contributed by atoms with van der Waals surface area (Å²) in [7, 11) is 1.71. The first-order chi connectivity index (χ1) is 11.6. The van der Waals surface area contributed by atoms with Crippen molar-refractivity contribution in [3.63, 3.8) is 0 Å². The quantitative estimate of drug-likeness (QED) is 0.417. The third-order valence-corrected chi connectivity index (χ3v) is 3.47. The summed E-state index contributed by atoms with van der Waals surface area (Å²) in [5.41, 5.74) is 2.49. The van der Waals surface area contributed by atoms with Crippen molar-refractivity contribution >= 4 is 0 Å². The number of ether oxygens (including phenoxy) is 1. The van der Waals surface area contributed by atoms with Gasteiger partial charge in [0.2, 0.25) is 0 Å². The molecule has 0 heterocycles. The summed E-state index contributed by atoms with van der Waals surface area (Å²) in [6.07, 6.45) is 2.68. The molecule has 6 heteroatoms. The van der Waals surface area contributed by atoms with Gasteiger partial charge in [-0.3, -0.25) is 0 Å². The molecule has 0 spiro atoms. The Balaban J connectivity index is -0.000000284. The second-order valence-electron chi connectivity index (χ2n) is 5.13. The first-order valence-electron chi connectivity index (χ1n) is 7.22. The van der Waals surface area contributed by atoms with Gasteiger partial charge in [0.05, 0.1) is 13.2 Å². The molecule has 0 N–H and O–H groups in total. The molecular formula is C19H23CrNO4. The third-order valence-electron chi connectivity index (χ3n) is 3.47. The van der Waals surface area contributed by atoms with Crippen LogP contribution >= 0.6 is 0 Å². The smallest absolute Gasteiger partial charge is 0 e. The Labute approximate surface area is 161 Å². The Morgan fingerprint density at radius 3 is 2.04 bits per heavy atom. The zero-order valence-corrected chi connectivity index (χ0v) is 16.3. The van der Waals surface area contributed by atoms with Crippen LogP contribution in [-0.2, 0) is 31.3 Å². The normalized spacial score (nSPS) is 9.04. The zero-order chi connectivity index (χ0) is 19.5. The molecule has 5 nitrogen and oxygen atoms in total. The summed E-state index contributed by atoms with van der Waals surface area (Å²) in [4.78, 5) is 0. The molecule has 0 bridgehead atoms. The standard InChI is InChI=1S/C16H23NO.3CO.Cr/c1-12(2)15(7-5-6-10-17)14-9-8-13(3)16(11-14)18-4;3*1-2;/h8-9,11-12,15H,5-7H2,1-4H3;;;;/t15-;;;;/m0..../s1. The van der Waals surface area contributed by atoms with Crippen molar-refractivity contribution in [3.05, 3.63) is 49.3 Å². The van der Waals surface area contributed by atoms with Gasteiger partial charge in [0.1, 0.15) is 5.75 Å². The number of nitrogens with zero attached hydrogens (tertiary/aromatic N) is 1. The van der Waals surface area contributed by atoms with Crippen LogP contribution in [0.4, 0.5) is 0 Å². The molecule has 1 rings (SSSR count). The Bertz CT molecular complexity index is 530. The number of unbranched alkanes of at least 4 members (excludes halogenated alkanes) is 1. The van der Waals surface area contributed by atoms with Crippen LogP contribution in [0, 0.1) is 44.1 Å². The van der Waals surface area contributed by atoms with E-state index in [1.54, 1.807) is 7.11 Å². The van der Waals surface area contributed by atoms with E-state index in [9.17, 15) is 0 Å². The van der Waals surface area contributed by atoms with Crippen LogP contribution in [0.25, 0.3) is 0 Å². The van der Waals surface area contributed by atoms with Gasteiger partial charge in [0, 0.05) is 23.8 Å². The largest absolute Gasteiger partial charge is 0 e. The van der Waals surface area contributed by atoms with Crippen LogP contribution in [0.15, 0.2) is 18.2 Å². The molecule has 0 aliphatic carbocycles. The van der Waals surface area contributed by atoms with Crippen molar-refractivity contribution in [1.82, 2.24) is 0 Å². The van der Waals surface area contributed by atoms with Gasteiger partial charge < -0.3 is 4.74 Å². The van der Waals surface area contributed by atoms with Crippen LogP contribution in [-0.4, -0.2) is 7.11 Å². The van der Waals surface area contributed by atoms with Crippen LogP contribution in [0.2, 0.25) is 0 Å². The number of nitriles is 1. The fourth-order valence-corrected chi connectivity index (χ4v) is 2.35. The first kappa shape index (κ1) is 31.1. The van der Waals surface area contributed by atoms with E-state index >= 15 is 0 Å². The molecule has 0 fully saturated rings. The van der Waals surface area contributed by atoms with E-state index in [2.05, 4.69) is 65.0 Å². The van der Waals surface area contributed by atoms with Gasteiger partial charge in [-0.25, -0.2) is 0 Å². The predicted octanol–water partition coefficient (Wildman–Crippen LogP) is 4.32. The average molecular weight is 381 g/mol. The molecule has 0 unspecified atom stereocenters. The Morgan fingerprint density at radius 1 is 1.12 bits per heavy atom. The van der Waals surface area contributed by atoms with Gasteiger partial charge in [0.15, 0.2) is 0 Å². The van der Waals surface area contributed by atoms with Crippen molar-refractivity contribution < 1.29 is 36.1 Å². The molecular weight excluding hydrogens is 358 g/mol. The molecule has 0 saturated heterocycles. The molecule has 1 aromatic rings. The molecule has 25 heavy (non-hydrogen) atoms. The maximum Gasteiger partial charge on any atom is 0 e. The number of hydrogen-bond acceptors (Lipinski definition) is 2. The van der Waals surface area contributed by atoms with Crippen molar-refractivity contribution in [2.24, 2.45) is 5.92 Å². The first-order valence-corrected chi connectivity index (χ1v) is 7.22. The van der Waals surface area contributed by atoms with Crippen LogP contribution in [0.3, 0.4) is 0 Å². The average Bonchev–Trinajstić information content (AvgIpc) is 2.64. The number of methoxy groups -OCH3 is 1. The molecule has 0 aromatic heterocycles. The topological polar surface area (TPSA) is 92.7 Å².